The van der Waals surface area contributed by atoms with Crippen LogP contribution in [-0.4, -0.2) is 28.6 Å². The highest BCUT2D eigenvalue weighted by molar-refractivity contribution is 7.80. The first-order valence-electron chi connectivity index (χ1n) is 5.83. The van der Waals surface area contributed by atoms with Gasteiger partial charge in [0.05, 0.1) is 0 Å². The Labute approximate surface area is 120 Å². The zero-order valence-corrected chi connectivity index (χ0v) is 11.3. The monoisotopic (exact) mass is 290 g/mol. The molecule has 1 N–H and O–H groups in total. The molecule has 2 heterocycles. The van der Waals surface area contributed by atoms with Gasteiger partial charge in [0.1, 0.15) is 5.70 Å². The third-order valence-electron chi connectivity index (χ3n) is 2.91. The average Bonchev–Trinajstić information content (AvgIpc) is 2.94. The zero-order chi connectivity index (χ0) is 14.3. The summed E-state index contributed by atoms with van der Waals surface area (Å²) in [7, 11) is 0. The molecule has 1 saturated heterocycles. The maximum atomic E-state index is 11.8. The fraction of sp³-hybridized carbons (Fsp3) is 0.154. The van der Waals surface area contributed by atoms with Gasteiger partial charge in [-0.1, -0.05) is 6.07 Å². The van der Waals surface area contributed by atoms with E-state index in [0.717, 1.165) is 5.56 Å². The topological polar surface area (TPSA) is 67.9 Å². The Kier molecular flexibility index (Phi) is 2.90. The summed E-state index contributed by atoms with van der Waals surface area (Å²) in [5.41, 5.74) is 0.914. The Bertz CT molecular complexity index is 668. The number of carbonyl (C=O) groups is 2. The van der Waals surface area contributed by atoms with E-state index in [1.165, 1.54) is 11.8 Å². The lowest BCUT2D eigenvalue weighted by molar-refractivity contribution is -0.125. The number of ether oxygens (including phenoxy) is 2. The number of hydrogen-bond acceptors (Lipinski definition) is 5. The maximum absolute atomic E-state index is 11.8. The molecule has 3 rings (SSSR count). The molecule has 6 nitrogen and oxygen atoms in total. The Morgan fingerprint density at radius 1 is 1.40 bits per heavy atom. The van der Waals surface area contributed by atoms with E-state index in [1.807, 2.05) is 0 Å². The third-order valence-corrected chi connectivity index (χ3v) is 3.20. The van der Waals surface area contributed by atoms with Crippen LogP contribution in [0.1, 0.15) is 12.5 Å². The van der Waals surface area contributed by atoms with Crippen molar-refractivity contribution in [1.82, 2.24) is 10.2 Å². The van der Waals surface area contributed by atoms with Crippen molar-refractivity contribution < 1.29 is 19.1 Å². The summed E-state index contributed by atoms with van der Waals surface area (Å²) in [6.45, 7) is 1.53. The molecule has 0 spiro atoms. The quantitative estimate of drug-likeness (QED) is 0.618. The first-order valence-corrected chi connectivity index (χ1v) is 6.24. The highest BCUT2D eigenvalue weighted by Gasteiger charge is 2.33. The summed E-state index contributed by atoms with van der Waals surface area (Å²) in [5, 5.41) is 2.54. The molecule has 0 aromatic heterocycles. The summed E-state index contributed by atoms with van der Waals surface area (Å²) >= 11 is 4.95. The summed E-state index contributed by atoms with van der Waals surface area (Å²) in [5.74, 6) is 0.542. The molecular weight excluding hydrogens is 280 g/mol. The van der Waals surface area contributed by atoms with Gasteiger partial charge in [0, 0.05) is 6.92 Å². The van der Waals surface area contributed by atoms with Gasteiger partial charge in [-0.3, -0.25) is 19.8 Å². The summed E-state index contributed by atoms with van der Waals surface area (Å²) < 4.78 is 10.5. The van der Waals surface area contributed by atoms with Crippen LogP contribution in [0.5, 0.6) is 11.5 Å². The molecule has 2 aliphatic heterocycles. The van der Waals surface area contributed by atoms with Crippen LogP contribution >= 0.6 is 12.2 Å². The van der Waals surface area contributed by atoms with Gasteiger partial charge in [0.2, 0.25) is 12.7 Å². The molecule has 2 amide bonds. The second-order valence-electron chi connectivity index (χ2n) is 4.26. The Morgan fingerprint density at radius 3 is 2.90 bits per heavy atom. The first kappa shape index (κ1) is 12.6. The molecule has 102 valence electrons. The molecule has 0 saturated carbocycles. The van der Waals surface area contributed by atoms with Gasteiger partial charge in [0.25, 0.3) is 5.91 Å². The number of nitrogens with one attached hydrogen (secondary N) is 1. The number of nitrogens with zero attached hydrogens (tertiary/aromatic N) is 1. The van der Waals surface area contributed by atoms with Crippen LogP contribution in [0.3, 0.4) is 0 Å². The SMILES string of the molecule is CC(=O)N1C(=S)NC(=O)/C1=C/c1ccc2c(c1)OCO2. The predicted molar refractivity (Wildman–Crippen MR) is 73.8 cm³/mol. The Hall–Kier alpha value is -2.41. The van der Waals surface area contributed by atoms with E-state index in [1.54, 1.807) is 24.3 Å². The number of fused-ring (bicyclic) bond motifs is 1. The highest BCUT2D eigenvalue weighted by Crippen LogP contribution is 2.33. The van der Waals surface area contributed by atoms with Crippen LogP contribution in [0.4, 0.5) is 0 Å². The molecule has 1 aromatic carbocycles. The van der Waals surface area contributed by atoms with E-state index in [9.17, 15) is 9.59 Å². The molecule has 0 radical (unpaired) electrons. The van der Waals surface area contributed by atoms with Crippen molar-refractivity contribution in [2.24, 2.45) is 0 Å². The molecule has 0 atom stereocenters. The van der Waals surface area contributed by atoms with Crippen LogP contribution in [0, 0.1) is 0 Å². The lowest BCUT2D eigenvalue weighted by Gasteiger charge is -2.12. The van der Waals surface area contributed by atoms with Gasteiger partial charge >= 0.3 is 0 Å². The Morgan fingerprint density at radius 2 is 2.15 bits per heavy atom. The molecular formula is C13H10N2O4S. The van der Waals surface area contributed by atoms with Gasteiger partial charge in [0.15, 0.2) is 16.6 Å². The lowest BCUT2D eigenvalue weighted by Crippen LogP contribution is -2.31. The number of hydrogen-bond donors (Lipinski definition) is 1. The van der Waals surface area contributed by atoms with Crippen molar-refractivity contribution in [3.8, 4) is 11.5 Å². The van der Waals surface area contributed by atoms with E-state index in [4.69, 9.17) is 21.7 Å². The Balaban J connectivity index is 2.00. The fourth-order valence-electron chi connectivity index (χ4n) is 2.03. The summed E-state index contributed by atoms with van der Waals surface area (Å²) in [6, 6.07) is 5.26. The molecule has 0 aliphatic carbocycles. The van der Waals surface area contributed by atoms with Gasteiger partial charge in [-0.25, -0.2) is 0 Å². The van der Waals surface area contributed by atoms with Gasteiger partial charge in [-0.05, 0) is 36.0 Å². The maximum Gasteiger partial charge on any atom is 0.274 e. The smallest absolute Gasteiger partial charge is 0.274 e. The average molecular weight is 290 g/mol. The summed E-state index contributed by atoms with van der Waals surface area (Å²) in [4.78, 5) is 24.5. The molecule has 20 heavy (non-hydrogen) atoms. The number of thiocarbonyl (C=S) groups is 1. The van der Waals surface area contributed by atoms with E-state index < -0.39 is 5.91 Å². The summed E-state index contributed by atoms with van der Waals surface area (Å²) in [6.07, 6.45) is 1.58. The van der Waals surface area contributed by atoms with E-state index in [-0.39, 0.29) is 23.5 Å². The van der Waals surface area contributed by atoms with Crippen molar-refractivity contribution in [1.29, 1.82) is 0 Å². The normalized spacial score (nSPS) is 18.6. The third kappa shape index (κ3) is 2.01. The fourth-order valence-corrected chi connectivity index (χ4v) is 2.35. The van der Waals surface area contributed by atoms with Gasteiger partial charge in [-0.2, -0.15) is 0 Å². The van der Waals surface area contributed by atoms with Crippen LogP contribution in [0.25, 0.3) is 6.08 Å². The van der Waals surface area contributed by atoms with Crippen molar-refractivity contribution in [3.63, 3.8) is 0 Å². The lowest BCUT2D eigenvalue weighted by atomic mass is 10.1. The van der Waals surface area contributed by atoms with Crippen LogP contribution in [0.2, 0.25) is 0 Å². The second kappa shape index (κ2) is 4.61. The van der Waals surface area contributed by atoms with Crippen molar-refractivity contribution >= 4 is 35.2 Å². The number of carbonyl (C=O) groups excluding carboxylic acids is 2. The largest absolute Gasteiger partial charge is 0.454 e. The number of amides is 2. The van der Waals surface area contributed by atoms with Gasteiger partial charge < -0.3 is 9.47 Å². The van der Waals surface area contributed by atoms with Crippen LogP contribution in [-0.2, 0) is 9.59 Å². The van der Waals surface area contributed by atoms with E-state index in [2.05, 4.69) is 5.32 Å². The van der Waals surface area contributed by atoms with E-state index in [0.29, 0.717) is 11.5 Å². The number of rotatable bonds is 1. The standard InChI is InChI=1S/C13H10N2O4S/c1-7(16)15-9(12(17)14-13(15)20)4-8-2-3-10-11(5-8)19-6-18-10/h2-5H,6H2,1H3,(H,14,17,20)/b9-4-. The molecule has 0 bridgehead atoms. The van der Waals surface area contributed by atoms with Crippen LogP contribution < -0.4 is 14.8 Å². The minimum absolute atomic E-state index is 0.0921. The van der Waals surface area contributed by atoms with Crippen molar-refractivity contribution in [3.05, 3.63) is 29.5 Å². The predicted octanol–water partition coefficient (Wildman–Crippen LogP) is 1.02. The molecule has 1 fully saturated rings. The molecule has 2 aliphatic rings. The molecule has 1 aromatic rings. The second-order valence-corrected chi connectivity index (χ2v) is 4.64. The molecule has 0 unspecified atom stereocenters. The zero-order valence-electron chi connectivity index (χ0n) is 10.5. The van der Waals surface area contributed by atoms with Crippen molar-refractivity contribution in [2.75, 3.05) is 6.79 Å². The highest BCUT2D eigenvalue weighted by atomic mass is 32.1. The number of benzene rings is 1. The van der Waals surface area contributed by atoms with Gasteiger partial charge in [-0.15, -0.1) is 0 Å². The minimum Gasteiger partial charge on any atom is -0.454 e. The van der Waals surface area contributed by atoms with Crippen molar-refractivity contribution in [2.45, 2.75) is 6.92 Å². The van der Waals surface area contributed by atoms with E-state index >= 15 is 0 Å². The van der Waals surface area contributed by atoms with Crippen LogP contribution in [0.15, 0.2) is 23.9 Å². The minimum atomic E-state index is -0.400. The first-order chi connectivity index (χ1) is 9.56. The molecule has 7 heteroatoms.